The zero-order chi connectivity index (χ0) is 17.9. The number of amides is 1. The van der Waals surface area contributed by atoms with Crippen molar-refractivity contribution in [3.8, 4) is 11.4 Å². The average Bonchev–Trinajstić information content (AvgIpc) is 3.02. The first kappa shape index (κ1) is 17.9. The standard InChI is InChI=1S/C14H13F4N3O3/c1-21(5-6-23-2)12(22)9-4-3-8(7-10(9)15)11-19-13(24-20-11)14(16,17)18/h3-4,7H,5-6H2,1-2H3. The maximum Gasteiger partial charge on any atom is 0.471 e. The Balaban J connectivity index is 2.23. The lowest BCUT2D eigenvalue weighted by Gasteiger charge is -2.17. The predicted octanol–water partition coefficient (Wildman–Crippen LogP) is 2.61. The third-order valence-corrected chi connectivity index (χ3v) is 3.10. The van der Waals surface area contributed by atoms with Crippen LogP contribution < -0.4 is 0 Å². The van der Waals surface area contributed by atoms with Gasteiger partial charge in [-0.2, -0.15) is 18.2 Å². The molecule has 10 heteroatoms. The number of benzene rings is 1. The largest absolute Gasteiger partial charge is 0.471 e. The van der Waals surface area contributed by atoms with E-state index in [1.54, 1.807) is 0 Å². The molecule has 0 unspecified atom stereocenters. The molecule has 0 spiro atoms. The second-order valence-electron chi connectivity index (χ2n) is 4.84. The van der Waals surface area contributed by atoms with Gasteiger partial charge < -0.3 is 14.2 Å². The van der Waals surface area contributed by atoms with Crippen LogP contribution in [0, 0.1) is 5.82 Å². The molecule has 0 bridgehead atoms. The molecule has 1 aromatic heterocycles. The molecule has 2 rings (SSSR count). The molecule has 0 aliphatic carbocycles. The number of alkyl halides is 3. The van der Waals surface area contributed by atoms with Crippen LogP contribution in [0.3, 0.4) is 0 Å². The topological polar surface area (TPSA) is 68.5 Å². The van der Waals surface area contributed by atoms with E-state index in [0.717, 1.165) is 12.1 Å². The summed E-state index contributed by atoms with van der Waals surface area (Å²) >= 11 is 0. The first-order chi connectivity index (χ1) is 11.2. The van der Waals surface area contributed by atoms with E-state index in [-0.39, 0.29) is 24.3 Å². The van der Waals surface area contributed by atoms with Gasteiger partial charge in [0.1, 0.15) is 5.82 Å². The minimum Gasteiger partial charge on any atom is -0.383 e. The highest BCUT2D eigenvalue weighted by Crippen LogP contribution is 2.29. The Morgan fingerprint density at radius 1 is 1.38 bits per heavy atom. The molecule has 0 atom stereocenters. The number of methoxy groups -OCH3 is 1. The highest BCUT2D eigenvalue weighted by molar-refractivity contribution is 5.94. The molecule has 0 aliphatic heterocycles. The summed E-state index contributed by atoms with van der Waals surface area (Å²) in [5, 5.41) is 3.16. The van der Waals surface area contributed by atoms with E-state index in [1.807, 2.05) is 0 Å². The average molecular weight is 347 g/mol. The van der Waals surface area contributed by atoms with Gasteiger partial charge in [0.05, 0.1) is 12.2 Å². The first-order valence-electron chi connectivity index (χ1n) is 6.69. The van der Waals surface area contributed by atoms with Gasteiger partial charge in [0.25, 0.3) is 5.91 Å². The minimum atomic E-state index is -4.79. The van der Waals surface area contributed by atoms with Gasteiger partial charge in [-0.05, 0) is 12.1 Å². The van der Waals surface area contributed by atoms with Crippen molar-refractivity contribution in [2.24, 2.45) is 0 Å². The minimum absolute atomic E-state index is 0.0390. The van der Waals surface area contributed by atoms with Crippen LogP contribution >= 0.6 is 0 Å². The summed E-state index contributed by atoms with van der Waals surface area (Å²) < 4.78 is 60.3. The fourth-order valence-corrected chi connectivity index (χ4v) is 1.82. The highest BCUT2D eigenvalue weighted by atomic mass is 19.4. The Morgan fingerprint density at radius 3 is 2.62 bits per heavy atom. The van der Waals surface area contributed by atoms with Gasteiger partial charge in [0, 0.05) is 26.3 Å². The van der Waals surface area contributed by atoms with Crippen molar-refractivity contribution >= 4 is 5.91 Å². The Labute approximate surface area is 134 Å². The molecule has 0 radical (unpaired) electrons. The molecule has 24 heavy (non-hydrogen) atoms. The third kappa shape index (κ3) is 3.88. The molecule has 0 saturated heterocycles. The van der Waals surface area contributed by atoms with Gasteiger partial charge >= 0.3 is 12.1 Å². The summed E-state index contributed by atoms with van der Waals surface area (Å²) in [6.45, 7) is 0.543. The van der Waals surface area contributed by atoms with E-state index in [2.05, 4.69) is 14.7 Å². The molecule has 0 aliphatic rings. The smallest absolute Gasteiger partial charge is 0.383 e. The molecule has 0 fully saturated rings. The van der Waals surface area contributed by atoms with E-state index >= 15 is 0 Å². The van der Waals surface area contributed by atoms with Gasteiger partial charge in [-0.1, -0.05) is 11.2 Å². The number of ether oxygens (including phenoxy) is 1. The lowest BCUT2D eigenvalue weighted by atomic mass is 10.1. The number of aromatic nitrogens is 2. The molecule has 1 amide bonds. The van der Waals surface area contributed by atoms with E-state index in [4.69, 9.17) is 4.74 Å². The number of nitrogens with zero attached hydrogens (tertiary/aromatic N) is 3. The van der Waals surface area contributed by atoms with Crippen LogP contribution in [0.15, 0.2) is 22.7 Å². The quantitative estimate of drug-likeness (QED) is 0.778. The van der Waals surface area contributed by atoms with Gasteiger partial charge in [0.15, 0.2) is 0 Å². The second kappa shape index (κ2) is 6.95. The maximum atomic E-state index is 14.1. The molecule has 6 nitrogen and oxygen atoms in total. The summed E-state index contributed by atoms with van der Waals surface area (Å²) in [7, 11) is 2.94. The van der Waals surface area contributed by atoms with Crippen LogP contribution in [-0.4, -0.2) is 48.3 Å². The van der Waals surface area contributed by atoms with Crippen molar-refractivity contribution in [1.82, 2.24) is 15.0 Å². The van der Waals surface area contributed by atoms with E-state index in [0.29, 0.717) is 0 Å². The Bertz CT molecular complexity index is 730. The molecule has 1 heterocycles. The zero-order valence-electron chi connectivity index (χ0n) is 12.7. The molecule has 130 valence electrons. The van der Waals surface area contributed by atoms with Crippen molar-refractivity contribution in [3.63, 3.8) is 0 Å². The first-order valence-corrected chi connectivity index (χ1v) is 6.69. The zero-order valence-corrected chi connectivity index (χ0v) is 12.7. The number of hydrogen-bond acceptors (Lipinski definition) is 5. The number of hydrogen-bond donors (Lipinski definition) is 0. The number of halogens is 4. The maximum absolute atomic E-state index is 14.1. The van der Waals surface area contributed by atoms with E-state index in [9.17, 15) is 22.4 Å². The van der Waals surface area contributed by atoms with E-state index in [1.165, 1.54) is 25.1 Å². The van der Waals surface area contributed by atoms with Crippen molar-refractivity contribution in [2.75, 3.05) is 27.3 Å². The van der Waals surface area contributed by atoms with Crippen LogP contribution in [0.2, 0.25) is 0 Å². The highest BCUT2D eigenvalue weighted by Gasteiger charge is 2.38. The van der Waals surface area contributed by atoms with Crippen molar-refractivity contribution in [3.05, 3.63) is 35.5 Å². The Hall–Kier alpha value is -2.49. The summed E-state index contributed by atoms with van der Waals surface area (Å²) in [4.78, 5) is 16.5. The summed E-state index contributed by atoms with van der Waals surface area (Å²) in [6.07, 6.45) is -4.79. The van der Waals surface area contributed by atoms with Gasteiger partial charge in [-0.25, -0.2) is 4.39 Å². The lowest BCUT2D eigenvalue weighted by Crippen LogP contribution is -2.30. The number of rotatable bonds is 5. The predicted molar refractivity (Wildman–Crippen MR) is 73.5 cm³/mol. The van der Waals surface area contributed by atoms with Crippen molar-refractivity contribution in [2.45, 2.75) is 6.18 Å². The molecule has 0 saturated carbocycles. The molecule has 1 aromatic carbocycles. The van der Waals surface area contributed by atoms with Crippen molar-refractivity contribution in [1.29, 1.82) is 0 Å². The van der Waals surface area contributed by atoms with Crippen molar-refractivity contribution < 1.29 is 31.6 Å². The summed E-state index contributed by atoms with van der Waals surface area (Å²) in [6, 6.07) is 3.27. The molecular formula is C14H13F4N3O3. The Kier molecular flexibility index (Phi) is 5.17. The normalized spacial score (nSPS) is 11.6. The van der Waals surface area contributed by atoms with Gasteiger partial charge in [-0.3, -0.25) is 4.79 Å². The van der Waals surface area contributed by atoms with Crippen LogP contribution in [-0.2, 0) is 10.9 Å². The molecular weight excluding hydrogens is 334 g/mol. The van der Waals surface area contributed by atoms with Gasteiger partial charge in [-0.15, -0.1) is 0 Å². The number of carbonyl (C=O) groups excluding carboxylic acids is 1. The lowest BCUT2D eigenvalue weighted by molar-refractivity contribution is -0.159. The Morgan fingerprint density at radius 2 is 2.08 bits per heavy atom. The summed E-state index contributed by atoms with van der Waals surface area (Å²) in [5.74, 6) is -3.44. The molecule has 2 aromatic rings. The third-order valence-electron chi connectivity index (χ3n) is 3.10. The van der Waals surface area contributed by atoms with Crippen LogP contribution in [0.25, 0.3) is 11.4 Å². The number of carbonyl (C=O) groups is 1. The van der Waals surface area contributed by atoms with Gasteiger partial charge in [0.2, 0.25) is 5.82 Å². The van der Waals surface area contributed by atoms with Crippen LogP contribution in [0.4, 0.5) is 17.6 Å². The fraction of sp³-hybridized carbons (Fsp3) is 0.357. The molecule has 0 N–H and O–H groups in total. The second-order valence-corrected chi connectivity index (χ2v) is 4.84. The van der Waals surface area contributed by atoms with Crippen LogP contribution in [0.1, 0.15) is 16.2 Å². The number of likely N-dealkylation sites (N-methyl/N-ethyl adjacent to an activating group) is 1. The SMILES string of the molecule is COCCN(C)C(=O)c1ccc(-c2noc(C(F)(F)F)n2)cc1F. The monoisotopic (exact) mass is 347 g/mol. The fourth-order valence-electron chi connectivity index (χ4n) is 1.82. The van der Waals surface area contributed by atoms with E-state index < -0.39 is 29.6 Å². The van der Waals surface area contributed by atoms with Crippen LogP contribution in [0.5, 0.6) is 0 Å². The summed E-state index contributed by atoms with van der Waals surface area (Å²) in [5.41, 5.74) is -0.264.